The van der Waals surface area contributed by atoms with Crippen LogP contribution in [0.1, 0.15) is 23.2 Å². The number of benzene rings is 2. The molecule has 2 aromatic rings. The summed E-state index contributed by atoms with van der Waals surface area (Å²) in [6, 6.07) is 12.1. The van der Waals surface area contributed by atoms with Crippen LogP contribution in [-0.2, 0) is 9.53 Å². The zero-order chi connectivity index (χ0) is 16.9. The molecule has 0 radical (unpaired) electrons. The lowest BCUT2D eigenvalue weighted by Gasteiger charge is -2.11. The van der Waals surface area contributed by atoms with Crippen LogP contribution in [0.25, 0.3) is 0 Å². The Hall–Kier alpha value is -2.73. The van der Waals surface area contributed by atoms with Gasteiger partial charge in [0.2, 0.25) is 0 Å². The molecule has 24 heavy (non-hydrogen) atoms. The van der Waals surface area contributed by atoms with Gasteiger partial charge >= 0.3 is 0 Å². The quantitative estimate of drug-likeness (QED) is 0.906. The van der Waals surface area contributed by atoms with Crippen molar-refractivity contribution >= 4 is 23.2 Å². The van der Waals surface area contributed by atoms with E-state index >= 15 is 0 Å². The van der Waals surface area contributed by atoms with Crippen LogP contribution >= 0.6 is 0 Å². The molecule has 3 rings (SSSR count). The average Bonchev–Trinajstić information content (AvgIpc) is 3.12. The molecule has 0 spiro atoms. The first kappa shape index (κ1) is 16.1. The second-order valence-corrected chi connectivity index (χ2v) is 5.53. The van der Waals surface area contributed by atoms with E-state index in [0.717, 1.165) is 12.8 Å². The third kappa shape index (κ3) is 3.97. The predicted octanol–water partition coefficient (Wildman–Crippen LogP) is 3.20. The highest BCUT2D eigenvalue weighted by molar-refractivity contribution is 6.04. The lowest BCUT2D eigenvalue weighted by molar-refractivity contribution is -0.124. The number of amides is 2. The van der Waals surface area contributed by atoms with Gasteiger partial charge in [0.1, 0.15) is 11.9 Å². The van der Waals surface area contributed by atoms with E-state index in [2.05, 4.69) is 10.6 Å². The van der Waals surface area contributed by atoms with Crippen LogP contribution in [0.4, 0.5) is 15.8 Å². The fourth-order valence-electron chi connectivity index (χ4n) is 2.45. The molecule has 1 aliphatic heterocycles. The van der Waals surface area contributed by atoms with Crippen molar-refractivity contribution in [2.75, 3.05) is 17.2 Å². The molecule has 0 saturated carbocycles. The standard InChI is InChI=1S/C18H17FN2O3/c19-13-5-3-12(4-6-13)17(22)20-14-7-9-15(10-8-14)21-18(23)16-2-1-11-24-16/h3-10,16H,1-2,11H2,(H,20,22)(H,21,23)/t16-/m1/s1. The van der Waals surface area contributed by atoms with Gasteiger partial charge in [0.05, 0.1) is 0 Å². The normalized spacial score (nSPS) is 16.6. The van der Waals surface area contributed by atoms with E-state index < -0.39 is 5.82 Å². The first-order valence-corrected chi connectivity index (χ1v) is 7.71. The van der Waals surface area contributed by atoms with Crippen molar-refractivity contribution in [1.82, 2.24) is 0 Å². The molecule has 124 valence electrons. The lowest BCUT2D eigenvalue weighted by Crippen LogP contribution is -2.26. The summed E-state index contributed by atoms with van der Waals surface area (Å²) >= 11 is 0. The van der Waals surface area contributed by atoms with Crippen LogP contribution < -0.4 is 10.6 Å². The van der Waals surface area contributed by atoms with Gasteiger partial charge in [-0.2, -0.15) is 0 Å². The summed E-state index contributed by atoms with van der Waals surface area (Å²) in [4.78, 5) is 24.0. The van der Waals surface area contributed by atoms with Gasteiger partial charge in [-0.15, -0.1) is 0 Å². The molecule has 2 N–H and O–H groups in total. The molecule has 0 aromatic heterocycles. The Kier molecular flexibility index (Phi) is 4.86. The van der Waals surface area contributed by atoms with Gasteiger partial charge in [0.25, 0.3) is 11.8 Å². The highest BCUT2D eigenvalue weighted by Crippen LogP contribution is 2.18. The van der Waals surface area contributed by atoms with Crippen molar-refractivity contribution in [3.05, 3.63) is 59.9 Å². The summed E-state index contributed by atoms with van der Waals surface area (Å²) in [5.74, 6) is -0.875. The Balaban J connectivity index is 1.58. The maximum absolute atomic E-state index is 12.9. The fraction of sp³-hybridized carbons (Fsp3) is 0.222. The van der Waals surface area contributed by atoms with Crippen LogP contribution in [0.3, 0.4) is 0 Å². The largest absolute Gasteiger partial charge is 0.368 e. The van der Waals surface area contributed by atoms with Crippen molar-refractivity contribution in [3.63, 3.8) is 0 Å². The molecule has 1 atom stereocenters. The van der Waals surface area contributed by atoms with Crippen LogP contribution in [0.15, 0.2) is 48.5 Å². The summed E-state index contributed by atoms with van der Waals surface area (Å²) in [5.41, 5.74) is 1.59. The van der Waals surface area contributed by atoms with Crippen LogP contribution in [0.5, 0.6) is 0 Å². The molecule has 5 nitrogen and oxygen atoms in total. The Labute approximate surface area is 138 Å². The van der Waals surface area contributed by atoms with E-state index in [-0.39, 0.29) is 17.9 Å². The summed E-state index contributed by atoms with van der Waals surface area (Å²) in [5, 5.41) is 5.50. The molecule has 1 saturated heterocycles. The molecule has 0 unspecified atom stereocenters. The number of anilines is 2. The number of nitrogens with one attached hydrogen (secondary N) is 2. The van der Waals surface area contributed by atoms with Crippen LogP contribution in [-0.4, -0.2) is 24.5 Å². The monoisotopic (exact) mass is 328 g/mol. The SMILES string of the molecule is O=C(Nc1ccc(NC(=O)[C@H]2CCCO2)cc1)c1ccc(F)cc1. The number of ether oxygens (including phenoxy) is 1. The van der Waals surface area contributed by atoms with Crippen LogP contribution in [0.2, 0.25) is 0 Å². The zero-order valence-electron chi connectivity index (χ0n) is 12.9. The molecular weight excluding hydrogens is 311 g/mol. The summed E-state index contributed by atoms with van der Waals surface area (Å²) in [6.07, 6.45) is 1.24. The minimum atomic E-state index is -0.391. The minimum Gasteiger partial charge on any atom is -0.368 e. The highest BCUT2D eigenvalue weighted by atomic mass is 19.1. The fourth-order valence-corrected chi connectivity index (χ4v) is 2.45. The van der Waals surface area contributed by atoms with Crippen molar-refractivity contribution in [2.45, 2.75) is 18.9 Å². The van der Waals surface area contributed by atoms with Gasteiger partial charge in [-0.25, -0.2) is 4.39 Å². The van der Waals surface area contributed by atoms with Gasteiger partial charge < -0.3 is 15.4 Å². The number of halogens is 1. The first-order valence-electron chi connectivity index (χ1n) is 7.71. The van der Waals surface area contributed by atoms with E-state index in [9.17, 15) is 14.0 Å². The van der Waals surface area contributed by atoms with E-state index in [4.69, 9.17) is 4.74 Å². The number of hydrogen-bond acceptors (Lipinski definition) is 3. The van der Waals surface area contributed by atoms with Gasteiger partial charge in [-0.05, 0) is 61.4 Å². The number of carbonyl (C=O) groups excluding carboxylic acids is 2. The summed E-state index contributed by atoms with van der Waals surface area (Å²) in [6.45, 7) is 0.618. The first-order chi connectivity index (χ1) is 11.6. The topological polar surface area (TPSA) is 67.4 Å². The third-order valence-corrected chi connectivity index (χ3v) is 3.74. The van der Waals surface area contributed by atoms with Gasteiger partial charge in [0.15, 0.2) is 0 Å². The molecule has 2 amide bonds. The zero-order valence-corrected chi connectivity index (χ0v) is 12.9. The Morgan fingerprint density at radius 2 is 1.58 bits per heavy atom. The summed E-state index contributed by atoms with van der Waals surface area (Å²) in [7, 11) is 0. The van der Waals surface area contributed by atoms with E-state index in [1.54, 1.807) is 24.3 Å². The predicted molar refractivity (Wildman–Crippen MR) is 88.4 cm³/mol. The number of hydrogen-bond donors (Lipinski definition) is 2. The Morgan fingerprint density at radius 3 is 2.17 bits per heavy atom. The molecule has 1 fully saturated rings. The minimum absolute atomic E-state index is 0.157. The third-order valence-electron chi connectivity index (χ3n) is 3.74. The highest BCUT2D eigenvalue weighted by Gasteiger charge is 2.23. The molecule has 0 aliphatic carbocycles. The summed E-state index contributed by atoms with van der Waals surface area (Å²) < 4.78 is 18.2. The Bertz CT molecular complexity index is 723. The second kappa shape index (κ2) is 7.23. The molecule has 2 aromatic carbocycles. The second-order valence-electron chi connectivity index (χ2n) is 5.53. The lowest BCUT2D eigenvalue weighted by atomic mass is 10.2. The molecular formula is C18H17FN2O3. The molecule has 6 heteroatoms. The van der Waals surface area contributed by atoms with Crippen molar-refractivity contribution in [3.8, 4) is 0 Å². The molecule has 0 bridgehead atoms. The average molecular weight is 328 g/mol. The van der Waals surface area contributed by atoms with Crippen molar-refractivity contribution in [2.24, 2.45) is 0 Å². The van der Waals surface area contributed by atoms with Crippen molar-refractivity contribution in [1.29, 1.82) is 0 Å². The number of rotatable bonds is 4. The van der Waals surface area contributed by atoms with Gasteiger partial charge in [-0.3, -0.25) is 9.59 Å². The van der Waals surface area contributed by atoms with Gasteiger partial charge in [0, 0.05) is 23.5 Å². The molecule has 1 heterocycles. The smallest absolute Gasteiger partial charge is 0.255 e. The maximum atomic E-state index is 12.9. The van der Waals surface area contributed by atoms with E-state index in [0.29, 0.717) is 23.5 Å². The van der Waals surface area contributed by atoms with Gasteiger partial charge in [-0.1, -0.05) is 0 Å². The maximum Gasteiger partial charge on any atom is 0.255 e. The van der Waals surface area contributed by atoms with Crippen molar-refractivity contribution < 1.29 is 18.7 Å². The number of carbonyl (C=O) groups is 2. The van der Waals surface area contributed by atoms with Crippen LogP contribution in [0, 0.1) is 5.82 Å². The molecule has 1 aliphatic rings. The van der Waals surface area contributed by atoms with E-state index in [1.807, 2.05) is 0 Å². The van der Waals surface area contributed by atoms with E-state index in [1.165, 1.54) is 24.3 Å². The Morgan fingerprint density at radius 1 is 0.958 bits per heavy atom.